The molecule has 0 saturated carbocycles. The minimum atomic E-state index is -0.565. The average molecular weight is 308 g/mol. The van der Waals surface area contributed by atoms with E-state index in [1.54, 1.807) is 17.9 Å². The van der Waals surface area contributed by atoms with Gasteiger partial charge in [-0.2, -0.15) is 0 Å². The molecule has 0 saturated heterocycles. The Hall–Kier alpha value is -2.75. The lowest BCUT2D eigenvalue weighted by Gasteiger charge is -2.20. The molecular weight excluding hydrogens is 292 g/mol. The van der Waals surface area contributed by atoms with E-state index < -0.39 is 4.92 Å². The zero-order valence-corrected chi connectivity index (χ0v) is 12.2. The molecule has 0 aliphatic rings. The molecule has 0 radical (unpaired) electrons. The smallest absolute Gasteiger partial charge is 0.353 e. The Labute approximate surface area is 125 Å². The number of hydrogen-bond acceptors (Lipinski definition) is 9. The third kappa shape index (κ3) is 3.28. The summed E-state index contributed by atoms with van der Waals surface area (Å²) in [4.78, 5) is 20.3. The van der Waals surface area contributed by atoms with Crippen LogP contribution in [0.3, 0.4) is 0 Å². The Balaban J connectivity index is 2.43. The highest BCUT2D eigenvalue weighted by atomic mass is 16.6. The Kier molecular flexibility index (Phi) is 4.84. The summed E-state index contributed by atoms with van der Waals surface area (Å²) in [5.74, 6) is 1.03. The predicted molar refractivity (Wildman–Crippen MR) is 78.2 cm³/mol. The molecule has 10 heteroatoms. The van der Waals surface area contributed by atoms with Crippen LogP contribution in [-0.2, 0) is 0 Å². The molecule has 0 aliphatic heterocycles. The average Bonchev–Trinajstić information content (AvgIpc) is 2.89. The molecule has 2 rings (SSSR count). The number of aliphatic hydroxyl groups excluding tert-OH is 1. The fraction of sp³-hybridized carbons (Fsp3) is 0.417. The minimum absolute atomic E-state index is 0.0136. The molecular formula is C12H16N6O4. The molecule has 2 heterocycles. The van der Waals surface area contributed by atoms with E-state index in [9.17, 15) is 10.1 Å². The maximum absolute atomic E-state index is 11.4. The van der Waals surface area contributed by atoms with Crippen molar-refractivity contribution in [1.29, 1.82) is 0 Å². The largest absolute Gasteiger partial charge is 0.395 e. The van der Waals surface area contributed by atoms with Crippen LogP contribution in [0.1, 0.15) is 12.7 Å². The van der Waals surface area contributed by atoms with Crippen LogP contribution >= 0.6 is 0 Å². The van der Waals surface area contributed by atoms with Gasteiger partial charge in [-0.25, -0.2) is 9.97 Å². The molecule has 0 spiro atoms. The Morgan fingerprint density at radius 2 is 2.27 bits per heavy atom. The van der Waals surface area contributed by atoms with Crippen LogP contribution < -0.4 is 10.2 Å². The van der Waals surface area contributed by atoms with E-state index in [4.69, 9.17) is 9.63 Å². The molecule has 10 nitrogen and oxygen atoms in total. The molecule has 0 unspecified atom stereocenters. The second kappa shape index (κ2) is 6.80. The normalized spacial score (nSPS) is 10.5. The van der Waals surface area contributed by atoms with Gasteiger partial charge in [-0.1, -0.05) is 5.16 Å². The van der Waals surface area contributed by atoms with Crippen molar-refractivity contribution in [3.63, 3.8) is 0 Å². The lowest BCUT2D eigenvalue weighted by molar-refractivity contribution is -0.383. The van der Waals surface area contributed by atoms with E-state index >= 15 is 0 Å². The molecule has 0 amide bonds. The van der Waals surface area contributed by atoms with Crippen molar-refractivity contribution in [3.05, 3.63) is 28.3 Å². The quantitative estimate of drug-likeness (QED) is 0.572. The maximum Gasteiger partial charge on any atom is 0.353 e. The molecule has 2 aromatic rings. The minimum Gasteiger partial charge on any atom is -0.395 e. The van der Waals surface area contributed by atoms with Crippen LogP contribution in [0.5, 0.6) is 0 Å². The van der Waals surface area contributed by atoms with Crippen LogP contribution in [0.15, 0.2) is 16.9 Å². The van der Waals surface area contributed by atoms with Crippen LogP contribution in [0, 0.1) is 17.0 Å². The zero-order chi connectivity index (χ0) is 16.1. The molecule has 118 valence electrons. The highest BCUT2D eigenvalue weighted by Gasteiger charge is 2.26. The summed E-state index contributed by atoms with van der Waals surface area (Å²) in [6.45, 7) is 4.08. The molecule has 0 aromatic carbocycles. The van der Waals surface area contributed by atoms with E-state index in [2.05, 4.69) is 20.4 Å². The number of nitro groups is 1. The van der Waals surface area contributed by atoms with Crippen molar-refractivity contribution in [1.82, 2.24) is 15.1 Å². The Morgan fingerprint density at radius 3 is 2.82 bits per heavy atom. The third-order valence-electron chi connectivity index (χ3n) is 2.91. The standard InChI is InChI=1S/C12H16N6O4/c1-3-17(4-5-19)12-10(18(20)21)11(13-7-14-12)15-9-6-8(2)22-16-9/h6-7,19H,3-5H2,1-2H3,(H,13,14,15,16). The summed E-state index contributed by atoms with van der Waals surface area (Å²) < 4.78 is 4.91. The second-order valence-electron chi connectivity index (χ2n) is 4.40. The van der Waals surface area contributed by atoms with Gasteiger partial charge in [0.1, 0.15) is 12.1 Å². The third-order valence-corrected chi connectivity index (χ3v) is 2.91. The van der Waals surface area contributed by atoms with Gasteiger partial charge in [0.2, 0.25) is 11.6 Å². The number of aromatic nitrogens is 3. The first kappa shape index (κ1) is 15.6. The van der Waals surface area contributed by atoms with E-state index in [-0.39, 0.29) is 30.5 Å². The van der Waals surface area contributed by atoms with E-state index in [1.807, 2.05) is 6.92 Å². The van der Waals surface area contributed by atoms with Crippen molar-refractivity contribution in [3.8, 4) is 0 Å². The van der Waals surface area contributed by atoms with E-state index in [0.29, 0.717) is 18.1 Å². The van der Waals surface area contributed by atoms with Gasteiger partial charge < -0.3 is 19.8 Å². The van der Waals surface area contributed by atoms with Gasteiger partial charge in [0, 0.05) is 19.2 Å². The van der Waals surface area contributed by atoms with Crippen LogP contribution in [0.4, 0.5) is 23.1 Å². The van der Waals surface area contributed by atoms with Crippen molar-refractivity contribution >= 4 is 23.1 Å². The number of aryl methyl sites for hydroxylation is 1. The monoisotopic (exact) mass is 308 g/mol. The lowest BCUT2D eigenvalue weighted by atomic mass is 10.3. The van der Waals surface area contributed by atoms with Gasteiger partial charge in [-0.05, 0) is 13.8 Å². The Bertz CT molecular complexity index is 659. The maximum atomic E-state index is 11.4. The van der Waals surface area contributed by atoms with Crippen molar-refractivity contribution in [2.45, 2.75) is 13.8 Å². The molecule has 0 fully saturated rings. The summed E-state index contributed by atoms with van der Waals surface area (Å²) >= 11 is 0. The summed E-state index contributed by atoms with van der Waals surface area (Å²) in [7, 11) is 0. The number of nitrogens with one attached hydrogen (secondary N) is 1. The number of likely N-dealkylation sites (N-methyl/N-ethyl adjacent to an activating group) is 1. The number of hydrogen-bond donors (Lipinski definition) is 2. The summed E-state index contributed by atoms with van der Waals surface area (Å²) in [5.41, 5.74) is -0.279. The molecule has 2 aromatic heterocycles. The van der Waals surface area contributed by atoms with Crippen molar-refractivity contribution in [2.75, 3.05) is 29.9 Å². The molecule has 0 atom stereocenters. The molecule has 0 aliphatic carbocycles. The topological polar surface area (TPSA) is 130 Å². The first-order valence-corrected chi connectivity index (χ1v) is 6.62. The fourth-order valence-corrected chi connectivity index (χ4v) is 1.94. The van der Waals surface area contributed by atoms with Gasteiger partial charge in [-0.15, -0.1) is 0 Å². The van der Waals surface area contributed by atoms with Gasteiger partial charge in [0.25, 0.3) is 0 Å². The van der Waals surface area contributed by atoms with E-state index in [1.165, 1.54) is 6.33 Å². The molecule has 2 N–H and O–H groups in total. The SMILES string of the molecule is CCN(CCO)c1ncnc(Nc2cc(C)on2)c1[N+](=O)[O-]. The number of aliphatic hydroxyl groups is 1. The Morgan fingerprint density at radius 1 is 1.50 bits per heavy atom. The van der Waals surface area contributed by atoms with Gasteiger partial charge >= 0.3 is 5.69 Å². The van der Waals surface area contributed by atoms with Crippen molar-refractivity contribution < 1.29 is 14.6 Å². The van der Waals surface area contributed by atoms with Gasteiger partial charge in [0.15, 0.2) is 5.82 Å². The van der Waals surface area contributed by atoms with Crippen LogP contribution in [0.2, 0.25) is 0 Å². The van der Waals surface area contributed by atoms with Crippen LogP contribution in [-0.4, -0.2) is 44.9 Å². The first-order valence-electron chi connectivity index (χ1n) is 6.62. The predicted octanol–water partition coefficient (Wildman–Crippen LogP) is 1.24. The molecule has 0 bridgehead atoms. The van der Waals surface area contributed by atoms with Gasteiger partial charge in [0.05, 0.1) is 11.5 Å². The second-order valence-corrected chi connectivity index (χ2v) is 4.40. The lowest BCUT2D eigenvalue weighted by Crippen LogP contribution is -2.28. The fourth-order valence-electron chi connectivity index (χ4n) is 1.94. The summed E-state index contributed by atoms with van der Waals surface area (Å²) in [5, 5.41) is 27.0. The zero-order valence-electron chi connectivity index (χ0n) is 12.2. The summed E-state index contributed by atoms with van der Waals surface area (Å²) in [6, 6.07) is 1.59. The van der Waals surface area contributed by atoms with Crippen LogP contribution in [0.25, 0.3) is 0 Å². The first-order chi connectivity index (χ1) is 10.6. The van der Waals surface area contributed by atoms with Gasteiger partial charge in [-0.3, -0.25) is 10.1 Å². The molecule has 22 heavy (non-hydrogen) atoms. The highest BCUT2D eigenvalue weighted by Crippen LogP contribution is 2.33. The van der Waals surface area contributed by atoms with E-state index in [0.717, 1.165) is 0 Å². The number of rotatable bonds is 7. The summed E-state index contributed by atoms with van der Waals surface area (Å²) in [6.07, 6.45) is 1.22. The number of anilines is 3. The highest BCUT2D eigenvalue weighted by molar-refractivity contribution is 5.73. The van der Waals surface area contributed by atoms with Crippen molar-refractivity contribution in [2.24, 2.45) is 0 Å². The number of nitrogens with zero attached hydrogens (tertiary/aromatic N) is 5.